The molecule has 0 unspecified atom stereocenters. The average molecular weight is 474 g/mol. The molecular weight excluding hydrogens is 450 g/mol. The van der Waals surface area contributed by atoms with Crippen molar-refractivity contribution in [3.63, 3.8) is 0 Å². The lowest BCUT2D eigenvalue weighted by molar-refractivity contribution is 0.0613. The SMILES string of the molecule is CN(C)c1cccc2c(S(=O)(=O)NCCN3C(=O)c4cccc5cccc(c45)C3=O)cccc12. The van der Waals surface area contributed by atoms with Gasteiger partial charge in [-0.15, -0.1) is 0 Å². The summed E-state index contributed by atoms with van der Waals surface area (Å²) in [5, 5.41) is 2.89. The number of imide groups is 1. The van der Waals surface area contributed by atoms with Gasteiger partial charge in [-0.2, -0.15) is 0 Å². The first-order chi connectivity index (χ1) is 16.3. The molecule has 1 aliphatic heterocycles. The van der Waals surface area contributed by atoms with Gasteiger partial charge in [-0.25, -0.2) is 13.1 Å². The molecule has 0 radical (unpaired) electrons. The van der Waals surface area contributed by atoms with Gasteiger partial charge in [-0.3, -0.25) is 14.5 Å². The van der Waals surface area contributed by atoms with Crippen LogP contribution >= 0.6 is 0 Å². The predicted octanol–water partition coefficient (Wildman–Crippen LogP) is 3.63. The van der Waals surface area contributed by atoms with Gasteiger partial charge < -0.3 is 4.90 Å². The van der Waals surface area contributed by atoms with Crippen molar-refractivity contribution in [3.8, 4) is 0 Å². The summed E-state index contributed by atoms with van der Waals surface area (Å²) in [4.78, 5) is 29.3. The lowest BCUT2D eigenvalue weighted by Gasteiger charge is -2.27. The Morgan fingerprint density at radius 3 is 2.03 bits per heavy atom. The fraction of sp³-hybridized carbons (Fsp3) is 0.154. The number of fused-ring (bicyclic) bond motifs is 1. The molecule has 0 bridgehead atoms. The number of benzene rings is 4. The molecule has 172 valence electrons. The van der Waals surface area contributed by atoms with Crippen molar-refractivity contribution in [2.45, 2.75) is 4.90 Å². The van der Waals surface area contributed by atoms with Gasteiger partial charge in [0.05, 0.1) is 4.90 Å². The summed E-state index contributed by atoms with van der Waals surface area (Å²) < 4.78 is 28.9. The number of nitrogens with one attached hydrogen (secondary N) is 1. The normalized spacial score (nSPS) is 13.6. The number of hydrogen-bond donors (Lipinski definition) is 1. The van der Waals surface area contributed by atoms with Gasteiger partial charge in [-0.05, 0) is 29.7 Å². The Labute approximate surface area is 197 Å². The maximum Gasteiger partial charge on any atom is 0.261 e. The van der Waals surface area contributed by atoms with Gasteiger partial charge in [0.1, 0.15) is 0 Å². The molecule has 4 aromatic rings. The van der Waals surface area contributed by atoms with E-state index in [9.17, 15) is 18.0 Å². The number of anilines is 1. The minimum Gasteiger partial charge on any atom is -0.377 e. The van der Waals surface area contributed by atoms with Crippen molar-refractivity contribution in [3.05, 3.63) is 83.9 Å². The van der Waals surface area contributed by atoms with Gasteiger partial charge in [-0.1, -0.05) is 48.5 Å². The number of amides is 2. The van der Waals surface area contributed by atoms with E-state index < -0.39 is 21.8 Å². The first-order valence-corrected chi connectivity index (χ1v) is 12.3. The molecule has 34 heavy (non-hydrogen) atoms. The summed E-state index contributed by atoms with van der Waals surface area (Å²) in [7, 11) is -0.0793. The van der Waals surface area contributed by atoms with E-state index in [1.807, 2.05) is 49.3 Å². The molecule has 0 saturated heterocycles. The van der Waals surface area contributed by atoms with Gasteiger partial charge in [0.2, 0.25) is 10.0 Å². The topological polar surface area (TPSA) is 86.8 Å². The van der Waals surface area contributed by atoms with Crippen LogP contribution in [0.5, 0.6) is 0 Å². The summed E-state index contributed by atoms with van der Waals surface area (Å²) in [6.45, 7) is -0.170. The fourth-order valence-electron chi connectivity index (χ4n) is 4.54. The second-order valence-electron chi connectivity index (χ2n) is 8.39. The summed E-state index contributed by atoms with van der Waals surface area (Å²) >= 11 is 0. The quantitative estimate of drug-likeness (QED) is 0.432. The predicted molar refractivity (Wildman–Crippen MR) is 133 cm³/mol. The largest absolute Gasteiger partial charge is 0.377 e. The molecule has 7 nitrogen and oxygen atoms in total. The van der Waals surface area contributed by atoms with Crippen LogP contribution in [-0.2, 0) is 10.0 Å². The summed E-state index contributed by atoms with van der Waals surface area (Å²) in [5.41, 5.74) is 1.80. The second kappa shape index (κ2) is 8.23. The van der Waals surface area contributed by atoms with Crippen LogP contribution in [0.3, 0.4) is 0 Å². The average Bonchev–Trinajstić information content (AvgIpc) is 2.83. The molecule has 1 heterocycles. The highest BCUT2D eigenvalue weighted by Gasteiger charge is 2.32. The highest BCUT2D eigenvalue weighted by molar-refractivity contribution is 7.89. The van der Waals surface area contributed by atoms with E-state index >= 15 is 0 Å². The molecule has 2 amide bonds. The first kappa shape index (κ1) is 22.1. The van der Waals surface area contributed by atoms with Crippen molar-refractivity contribution in [2.75, 3.05) is 32.1 Å². The number of sulfonamides is 1. The molecule has 1 aliphatic rings. The third-order valence-electron chi connectivity index (χ3n) is 6.11. The number of carbonyl (C=O) groups is 2. The highest BCUT2D eigenvalue weighted by Crippen LogP contribution is 2.31. The minimum absolute atomic E-state index is 0.0741. The Bertz CT molecular complexity index is 1530. The van der Waals surface area contributed by atoms with Crippen LogP contribution in [0.4, 0.5) is 5.69 Å². The summed E-state index contributed by atoms with van der Waals surface area (Å²) in [5.74, 6) is -0.844. The summed E-state index contributed by atoms with van der Waals surface area (Å²) in [6, 6.07) is 21.3. The zero-order valence-corrected chi connectivity index (χ0v) is 19.6. The van der Waals surface area contributed by atoms with Crippen molar-refractivity contribution in [1.82, 2.24) is 9.62 Å². The molecule has 0 aromatic heterocycles. The van der Waals surface area contributed by atoms with E-state index in [0.717, 1.165) is 21.4 Å². The number of rotatable bonds is 6. The van der Waals surface area contributed by atoms with Crippen molar-refractivity contribution < 1.29 is 18.0 Å². The first-order valence-electron chi connectivity index (χ1n) is 10.9. The zero-order chi connectivity index (χ0) is 24.0. The molecule has 0 fully saturated rings. The molecule has 0 spiro atoms. The standard InChI is InChI=1S/C26H23N3O4S/c1-28(2)22-13-5-10-19-18(22)9-6-14-23(19)34(32,33)27-15-16-29-25(30)20-11-3-7-17-8-4-12-21(24(17)20)26(29)31/h3-14,27H,15-16H2,1-2H3. The molecule has 4 aromatic carbocycles. The third-order valence-corrected chi connectivity index (χ3v) is 7.63. The van der Waals surface area contributed by atoms with Crippen LogP contribution in [0.1, 0.15) is 20.7 Å². The van der Waals surface area contributed by atoms with Crippen LogP contribution < -0.4 is 9.62 Å². The van der Waals surface area contributed by atoms with Crippen LogP contribution in [0, 0.1) is 0 Å². The van der Waals surface area contributed by atoms with E-state index in [2.05, 4.69) is 4.72 Å². The van der Waals surface area contributed by atoms with Gasteiger partial charge in [0.15, 0.2) is 0 Å². The van der Waals surface area contributed by atoms with E-state index in [-0.39, 0.29) is 18.0 Å². The Morgan fingerprint density at radius 2 is 1.38 bits per heavy atom. The summed E-state index contributed by atoms with van der Waals surface area (Å²) in [6.07, 6.45) is 0. The Hall–Kier alpha value is -3.75. The highest BCUT2D eigenvalue weighted by atomic mass is 32.2. The number of hydrogen-bond acceptors (Lipinski definition) is 5. The van der Waals surface area contributed by atoms with Crippen molar-refractivity contribution in [2.24, 2.45) is 0 Å². The number of carbonyl (C=O) groups excluding carboxylic acids is 2. The Morgan fingerprint density at radius 1 is 0.794 bits per heavy atom. The van der Waals surface area contributed by atoms with E-state index in [1.54, 1.807) is 42.5 Å². The third kappa shape index (κ3) is 3.52. The minimum atomic E-state index is -3.88. The number of nitrogens with zero attached hydrogens (tertiary/aromatic N) is 2. The lowest BCUT2D eigenvalue weighted by atomic mass is 9.94. The Kier molecular flexibility index (Phi) is 5.34. The van der Waals surface area contributed by atoms with Crippen molar-refractivity contribution in [1.29, 1.82) is 0 Å². The van der Waals surface area contributed by atoms with Crippen LogP contribution in [0.25, 0.3) is 21.5 Å². The lowest BCUT2D eigenvalue weighted by Crippen LogP contribution is -2.44. The van der Waals surface area contributed by atoms with Gasteiger partial charge >= 0.3 is 0 Å². The van der Waals surface area contributed by atoms with E-state index in [1.165, 1.54) is 0 Å². The van der Waals surface area contributed by atoms with E-state index in [4.69, 9.17) is 0 Å². The molecule has 1 N–H and O–H groups in total. The smallest absolute Gasteiger partial charge is 0.261 e. The zero-order valence-electron chi connectivity index (χ0n) is 18.8. The molecule has 8 heteroatoms. The Balaban J connectivity index is 1.40. The fourth-order valence-corrected chi connectivity index (χ4v) is 5.78. The molecule has 0 aliphatic carbocycles. The van der Waals surface area contributed by atoms with Crippen LogP contribution in [0.2, 0.25) is 0 Å². The molecule has 0 saturated carbocycles. The molecular formula is C26H23N3O4S. The van der Waals surface area contributed by atoms with E-state index in [0.29, 0.717) is 21.9 Å². The second-order valence-corrected chi connectivity index (χ2v) is 10.1. The molecule has 5 rings (SSSR count). The maximum atomic E-state index is 13.2. The van der Waals surface area contributed by atoms with Crippen LogP contribution in [-0.4, -0.2) is 52.3 Å². The van der Waals surface area contributed by atoms with Crippen LogP contribution in [0.15, 0.2) is 77.7 Å². The monoisotopic (exact) mass is 473 g/mol. The maximum absolute atomic E-state index is 13.2. The van der Waals surface area contributed by atoms with Crippen molar-refractivity contribution >= 4 is 49.1 Å². The molecule has 0 atom stereocenters. The van der Waals surface area contributed by atoms with Gasteiger partial charge in [0.25, 0.3) is 11.8 Å². The van der Waals surface area contributed by atoms with Gasteiger partial charge in [0, 0.05) is 60.2 Å².